The lowest BCUT2D eigenvalue weighted by Crippen LogP contribution is -2.58. The summed E-state index contributed by atoms with van der Waals surface area (Å²) in [6.07, 6.45) is 12.1. The van der Waals surface area contributed by atoms with Crippen LogP contribution in [0.4, 0.5) is 0 Å². The molecule has 100 heavy (non-hydrogen) atoms. The van der Waals surface area contributed by atoms with Crippen molar-refractivity contribution in [1.29, 1.82) is 0 Å². The molecule has 23 nitrogen and oxygen atoms in total. The molecule has 8 saturated carbocycles. The van der Waals surface area contributed by atoms with E-state index < -0.39 is 82.7 Å². The van der Waals surface area contributed by atoms with Crippen LogP contribution in [0.2, 0.25) is 0 Å². The van der Waals surface area contributed by atoms with Crippen LogP contribution >= 0.6 is 0 Å². The summed E-state index contributed by atoms with van der Waals surface area (Å²) < 4.78 is 77.7. The van der Waals surface area contributed by atoms with Crippen molar-refractivity contribution >= 4 is 70.7 Å². The molecule has 580 valence electrons. The van der Waals surface area contributed by atoms with Crippen LogP contribution < -0.4 is 4.72 Å². The first-order valence-electron chi connectivity index (χ1n) is 33.5. The second-order valence-corrected chi connectivity index (χ2v) is 34.9. The van der Waals surface area contributed by atoms with E-state index in [0.717, 1.165) is 25.7 Å². The predicted octanol–water partition coefficient (Wildman–Crippen LogP) is 13.7. The van der Waals surface area contributed by atoms with Gasteiger partial charge in [-0.2, -0.15) is 0 Å². The average molecular weight is 1440 g/mol. The molecule has 16 aliphatic rings. The Hall–Kier alpha value is -5.39. The highest BCUT2D eigenvalue weighted by Crippen LogP contribution is 2.61. The summed E-state index contributed by atoms with van der Waals surface area (Å²) in [5.74, 6) is -3.58. The average Bonchev–Trinajstić information content (AvgIpc) is 1.47. The fourth-order valence-electron chi connectivity index (χ4n) is 17.8. The summed E-state index contributed by atoms with van der Waals surface area (Å²) >= 11 is 0. The third-order valence-corrected chi connectivity index (χ3v) is 24.8. The quantitative estimate of drug-likeness (QED) is 0.0731. The van der Waals surface area contributed by atoms with Gasteiger partial charge in [0.2, 0.25) is 16.4 Å². The molecule has 16 atom stereocenters. The van der Waals surface area contributed by atoms with Gasteiger partial charge in [-0.1, -0.05) is 94.0 Å². The Labute approximate surface area is 600 Å². The molecule has 1 amide bonds. The highest BCUT2D eigenvalue weighted by Gasteiger charge is 2.66. The number of rotatable bonds is 18. The highest BCUT2D eigenvalue weighted by molar-refractivity contribution is 7.90. The number of carbonyl (C=O) groups excluding carboxylic acids is 10. The summed E-state index contributed by atoms with van der Waals surface area (Å²) in [5, 5.41) is 10.7. The molecule has 2 N–H and O–H groups in total. The molecule has 16 fully saturated rings. The lowest BCUT2D eigenvalue weighted by Gasteiger charge is -2.52. The molecule has 16 unspecified atom stereocenters. The number of amides is 1. The number of nitrogens with one attached hydrogen (secondary N) is 1. The zero-order valence-corrected chi connectivity index (χ0v) is 57.2. The number of aliphatic hydroxyl groups is 1. The topological polar surface area (TPSA) is 320 Å². The van der Waals surface area contributed by atoms with Crippen LogP contribution in [0.15, 0.2) is 0 Å². The van der Waals surface area contributed by atoms with E-state index in [4.69, 9.17) is 42.6 Å². The van der Waals surface area contributed by atoms with Crippen LogP contribution in [0, 0.1) is 56.2 Å². The summed E-state index contributed by atoms with van der Waals surface area (Å²) in [4.78, 5) is 121. The normalized spacial score (nSPS) is 35.9. The number of carbonyl (C=O) groups is 10. The van der Waals surface area contributed by atoms with Crippen LogP contribution in [0.3, 0.4) is 0 Å². The molecular formula is C76H133NO22S. The van der Waals surface area contributed by atoms with Crippen LogP contribution in [-0.4, -0.2) is 138 Å². The van der Waals surface area contributed by atoms with E-state index in [-0.39, 0.29) is 161 Å². The van der Waals surface area contributed by atoms with Gasteiger partial charge in [-0.15, -0.1) is 0 Å². The molecule has 0 radical (unpaired) electrons. The molecule has 8 aliphatic carbocycles. The Kier molecular flexibility index (Phi) is 29.9. The monoisotopic (exact) mass is 1440 g/mol. The van der Waals surface area contributed by atoms with Crippen LogP contribution in [-0.2, 0) is 101 Å². The first-order valence-corrected chi connectivity index (χ1v) is 35.2. The van der Waals surface area contributed by atoms with Gasteiger partial charge >= 0.3 is 47.8 Å². The van der Waals surface area contributed by atoms with Gasteiger partial charge in [0.25, 0.3) is 6.47 Å². The van der Waals surface area contributed by atoms with Crippen LogP contribution in [0.5, 0.6) is 0 Å². The molecule has 0 aromatic heterocycles. The largest absolute Gasteiger partial charge is 0.462 e. The van der Waals surface area contributed by atoms with E-state index in [0.29, 0.717) is 135 Å². The van der Waals surface area contributed by atoms with Gasteiger partial charge in [0.1, 0.15) is 52.4 Å². The smallest absolute Gasteiger partial charge is 0.312 e. The third kappa shape index (κ3) is 19.3. The summed E-state index contributed by atoms with van der Waals surface area (Å²) in [7, 11) is -3.84. The van der Waals surface area contributed by atoms with E-state index in [1.807, 2.05) is 74.0 Å². The van der Waals surface area contributed by atoms with Crippen molar-refractivity contribution in [1.82, 2.24) is 4.72 Å². The Balaban J connectivity index is 0.000000652. The van der Waals surface area contributed by atoms with Crippen molar-refractivity contribution in [3.63, 3.8) is 0 Å². The number of esters is 8. The molecule has 16 rings (SSSR count). The van der Waals surface area contributed by atoms with Crippen LogP contribution in [0.1, 0.15) is 304 Å². The van der Waals surface area contributed by atoms with Crippen LogP contribution in [0.25, 0.3) is 0 Å². The Bertz CT molecular complexity index is 2980. The minimum atomic E-state index is -3.84. The number of fused-ring (bicyclic) bond motifs is 4. The zero-order chi connectivity index (χ0) is 67.9. The second kappa shape index (κ2) is 32.3. The Morgan fingerprint density at radius 3 is 1.14 bits per heavy atom. The maximum atomic E-state index is 12.7. The molecule has 8 heterocycles. The maximum Gasteiger partial charge on any atom is 0.312 e. The van der Waals surface area contributed by atoms with Crippen molar-refractivity contribution in [2.75, 3.05) is 5.75 Å². The predicted molar refractivity (Wildman–Crippen MR) is 380 cm³/mol. The standard InChI is InChI=1S/C18H27NO7S.C17H24O6.C17H26O4.C16H24O5.8CH4/c1-4-16(2,3)15(22)26-18-6-12-5-17(9-18,10-27(23,24)19-11-20)7-13(8-18)25-14(12)21;1-4-15(2,3)14(20)23-17-6-11-5-16(9-17,21-10-18)7-12(8-17)22-13(11)19;1-5-15(2,3)14(19)21-17-7-11-6-16(4,10-17)8-12(9-17)20-13(11)18;1-4-14(2,3)13(18)21-16-6-10-5-15(19,9-16)7-11(8-16)20-12(10)17;;;;;;;;/h11-13H,4-10H2,1-3H3,(H,19,20);10-12H,4-9H2,1-3H3;11-12H,5-10H2,1-4H3;10-11,19H,4-9H2,1-3H3;8*1H4. The highest BCUT2D eigenvalue weighted by atomic mass is 32.2. The van der Waals surface area contributed by atoms with E-state index in [1.54, 1.807) is 13.8 Å². The second-order valence-electron chi connectivity index (χ2n) is 33.2. The molecule has 0 spiro atoms. The van der Waals surface area contributed by atoms with E-state index >= 15 is 0 Å². The minimum absolute atomic E-state index is 0. The van der Waals surface area contributed by atoms with Gasteiger partial charge < -0.3 is 47.7 Å². The minimum Gasteiger partial charge on any atom is -0.462 e. The van der Waals surface area contributed by atoms with E-state index in [9.17, 15) is 61.5 Å². The van der Waals surface area contributed by atoms with Crippen molar-refractivity contribution in [2.24, 2.45) is 56.2 Å². The van der Waals surface area contributed by atoms with Gasteiger partial charge in [-0.05, 0) is 137 Å². The fraction of sp³-hybridized carbons (Fsp3) is 0.868. The fourth-order valence-corrected chi connectivity index (χ4v) is 19.1. The maximum absolute atomic E-state index is 12.7. The lowest BCUT2D eigenvalue weighted by molar-refractivity contribution is -0.208. The molecular weight excluding hydrogens is 1310 g/mol. The van der Waals surface area contributed by atoms with Crippen molar-refractivity contribution in [3.05, 3.63) is 0 Å². The number of hydrogen-bond acceptors (Lipinski definition) is 22. The van der Waals surface area contributed by atoms with Crippen molar-refractivity contribution in [3.8, 4) is 0 Å². The summed E-state index contributed by atoms with van der Waals surface area (Å²) in [6.45, 7) is 25.3. The third-order valence-electron chi connectivity index (χ3n) is 23.3. The number of sulfonamides is 1. The van der Waals surface area contributed by atoms with Gasteiger partial charge in [-0.25, -0.2) is 8.42 Å². The van der Waals surface area contributed by atoms with Gasteiger partial charge in [0.05, 0.1) is 56.7 Å². The van der Waals surface area contributed by atoms with Crippen molar-refractivity contribution in [2.45, 2.75) is 362 Å². The van der Waals surface area contributed by atoms with E-state index in [1.165, 1.54) is 0 Å². The molecule has 8 saturated heterocycles. The first-order chi connectivity index (χ1) is 42.5. The first kappa shape index (κ1) is 92.6. The summed E-state index contributed by atoms with van der Waals surface area (Å²) in [6, 6.07) is 0. The Morgan fingerprint density at radius 1 is 0.440 bits per heavy atom. The Morgan fingerprint density at radius 2 is 0.750 bits per heavy atom. The summed E-state index contributed by atoms with van der Waals surface area (Å²) in [5.41, 5.74) is -7.56. The number of hydrogen-bond donors (Lipinski definition) is 2. The van der Waals surface area contributed by atoms with Gasteiger partial charge in [0.15, 0.2) is 0 Å². The zero-order valence-electron chi connectivity index (χ0n) is 56.4. The van der Waals surface area contributed by atoms with Crippen molar-refractivity contribution < 1.29 is 104 Å². The molecule has 0 aromatic carbocycles. The molecule has 24 heteroatoms. The van der Waals surface area contributed by atoms with Gasteiger partial charge in [0, 0.05) is 83.5 Å². The SMILES string of the molecule is C.C.C.C.C.C.C.C.CCC(C)(C)C(=O)OC12CC3CC(C)(CC(C1)C(=O)O3)C2.CCC(C)(C)C(=O)OC12CC3CC(CS(=O)(=O)NC=O)(CC(C1)C(=O)O3)C2.CCC(C)(C)C(=O)OC12CC3CC(O)(CC(C1)C(=O)O3)C2.CCC(C)(C)C(=O)OC12CC3CC(OC=O)(CC(C1)C(=O)O3)C2. The van der Waals surface area contributed by atoms with E-state index in [2.05, 4.69) is 6.92 Å². The molecule has 16 bridgehead atoms. The van der Waals surface area contributed by atoms with Gasteiger partial charge in [-0.3, -0.25) is 52.7 Å². The number of ether oxygens (including phenoxy) is 9. The lowest BCUT2D eigenvalue weighted by atomic mass is 9.57. The molecule has 8 aliphatic heterocycles. The molecule has 0 aromatic rings.